The van der Waals surface area contributed by atoms with Crippen LogP contribution in [0.5, 0.6) is 5.75 Å². The molecule has 0 aliphatic rings. The van der Waals surface area contributed by atoms with Crippen LogP contribution in [-0.2, 0) is 0 Å². The fraction of sp³-hybridized carbons (Fsp3) is 0.0500. The van der Waals surface area contributed by atoms with Crippen molar-refractivity contribution in [3.8, 4) is 5.75 Å². The minimum Gasteiger partial charge on any atom is -0.496 e. The van der Waals surface area contributed by atoms with Gasteiger partial charge < -0.3 is 4.74 Å². The molecule has 0 radical (unpaired) electrons. The number of aromatic nitrogens is 3. The van der Waals surface area contributed by atoms with Crippen LogP contribution < -0.4 is 14.8 Å². The van der Waals surface area contributed by atoms with Gasteiger partial charge in [0.25, 0.3) is 5.56 Å². The van der Waals surface area contributed by atoms with Gasteiger partial charge in [-0.2, -0.15) is 9.50 Å². The second-order valence-corrected chi connectivity index (χ2v) is 7.54. The molecule has 0 amide bonds. The zero-order valence-electron chi connectivity index (χ0n) is 14.4. The minimum atomic E-state index is -0.164. The van der Waals surface area contributed by atoms with Gasteiger partial charge in [-0.05, 0) is 35.7 Å². The Morgan fingerprint density at radius 3 is 2.78 bits per heavy atom. The quantitative estimate of drug-likeness (QED) is 0.520. The van der Waals surface area contributed by atoms with Gasteiger partial charge >= 0.3 is 0 Å². The smallest absolute Gasteiger partial charge is 0.291 e. The molecule has 0 aliphatic carbocycles. The molecule has 0 saturated heterocycles. The highest BCUT2D eigenvalue weighted by molar-refractivity contribution is 7.15. The Morgan fingerprint density at radius 1 is 1.11 bits per heavy atom. The SMILES string of the molecule is COc1ccccc1C=CC=c1sc2nc(C=Cc3cccs3)nn2c1=O. The Kier molecular flexibility index (Phi) is 4.95. The molecule has 5 nitrogen and oxygen atoms in total. The number of hydrogen-bond acceptors (Lipinski definition) is 6. The Bertz CT molecular complexity index is 1230. The van der Waals surface area contributed by atoms with Gasteiger partial charge in [0, 0.05) is 10.4 Å². The fourth-order valence-corrected chi connectivity index (χ4v) is 4.00. The lowest BCUT2D eigenvalue weighted by Crippen LogP contribution is -2.23. The minimum absolute atomic E-state index is 0.164. The number of methoxy groups -OCH3 is 1. The van der Waals surface area contributed by atoms with Crippen molar-refractivity contribution in [3.05, 3.63) is 79.0 Å². The molecule has 0 saturated carbocycles. The van der Waals surface area contributed by atoms with Crippen molar-refractivity contribution < 1.29 is 4.74 Å². The molecule has 27 heavy (non-hydrogen) atoms. The molecular weight excluding hydrogens is 378 g/mol. The van der Waals surface area contributed by atoms with E-state index in [9.17, 15) is 4.79 Å². The molecule has 0 atom stereocenters. The number of rotatable bonds is 5. The highest BCUT2D eigenvalue weighted by Crippen LogP contribution is 2.18. The van der Waals surface area contributed by atoms with Crippen molar-refractivity contribution in [1.29, 1.82) is 0 Å². The van der Waals surface area contributed by atoms with E-state index in [-0.39, 0.29) is 5.56 Å². The molecule has 1 aromatic carbocycles. The molecule has 4 aromatic rings. The van der Waals surface area contributed by atoms with Crippen molar-refractivity contribution in [1.82, 2.24) is 14.6 Å². The van der Waals surface area contributed by atoms with E-state index < -0.39 is 0 Å². The summed E-state index contributed by atoms with van der Waals surface area (Å²) >= 11 is 2.96. The second kappa shape index (κ2) is 7.69. The van der Waals surface area contributed by atoms with Gasteiger partial charge in [-0.1, -0.05) is 47.8 Å². The van der Waals surface area contributed by atoms with Gasteiger partial charge in [0.05, 0.1) is 11.6 Å². The summed E-state index contributed by atoms with van der Waals surface area (Å²) in [6, 6.07) is 11.7. The molecule has 0 N–H and O–H groups in total. The fourth-order valence-electron chi connectivity index (χ4n) is 2.52. The first kappa shape index (κ1) is 17.4. The topological polar surface area (TPSA) is 56.5 Å². The summed E-state index contributed by atoms with van der Waals surface area (Å²) in [7, 11) is 1.64. The van der Waals surface area contributed by atoms with Crippen molar-refractivity contribution in [2.75, 3.05) is 7.11 Å². The van der Waals surface area contributed by atoms with E-state index in [0.717, 1.165) is 16.2 Å². The number of nitrogens with zero attached hydrogens (tertiary/aromatic N) is 3. The van der Waals surface area contributed by atoms with E-state index in [1.165, 1.54) is 15.9 Å². The lowest BCUT2D eigenvalue weighted by molar-refractivity contribution is 0.414. The summed E-state index contributed by atoms with van der Waals surface area (Å²) < 4.78 is 7.25. The van der Waals surface area contributed by atoms with E-state index in [4.69, 9.17) is 4.74 Å². The largest absolute Gasteiger partial charge is 0.496 e. The molecule has 0 aliphatic heterocycles. The van der Waals surface area contributed by atoms with E-state index in [0.29, 0.717) is 15.3 Å². The molecule has 0 spiro atoms. The van der Waals surface area contributed by atoms with Gasteiger partial charge in [-0.25, -0.2) is 0 Å². The summed E-state index contributed by atoms with van der Waals surface area (Å²) in [5, 5.41) is 6.29. The molecular formula is C20H15N3O2S2. The second-order valence-electron chi connectivity index (χ2n) is 5.55. The Morgan fingerprint density at radius 2 is 2.00 bits per heavy atom. The molecule has 4 rings (SSSR count). The number of thiophene rings is 1. The third-order valence-corrected chi connectivity index (χ3v) is 5.62. The number of hydrogen-bond donors (Lipinski definition) is 0. The number of thiazole rings is 1. The van der Waals surface area contributed by atoms with E-state index in [1.807, 2.05) is 66.1 Å². The van der Waals surface area contributed by atoms with E-state index in [1.54, 1.807) is 24.5 Å². The number of para-hydroxylation sites is 1. The van der Waals surface area contributed by atoms with Crippen LogP contribution >= 0.6 is 22.7 Å². The molecule has 0 fully saturated rings. The predicted molar refractivity (Wildman–Crippen MR) is 112 cm³/mol. The molecule has 134 valence electrons. The first-order valence-electron chi connectivity index (χ1n) is 8.17. The predicted octanol–water partition coefficient (Wildman–Crippen LogP) is 3.60. The lowest BCUT2D eigenvalue weighted by Gasteiger charge is -2.02. The van der Waals surface area contributed by atoms with Crippen LogP contribution in [0.1, 0.15) is 16.3 Å². The van der Waals surface area contributed by atoms with Gasteiger partial charge in [0.2, 0.25) is 4.96 Å². The van der Waals surface area contributed by atoms with Crippen molar-refractivity contribution >= 4 is 51.9 Å². The average Bonchev–Trinajstić information content (AvgIpc) is 3.40. The van der Waals surface area contributed by atoms with E-state index >= 15 is 0 Å². The molecule has 7 heteroatoms. The monoisotopic (exact) mass is 393 g/mol. The lowest BCUT2D eigenvalue weighted by atomic mass is 10.2. The maximum Gasteiger partial charge on any atom is 0.291 e. The number of fused-ring (bicyclic) bond motifs is 1. The normalized spacial score (nSPS) is 12.7. The first-order valence-corrected chi connectivity index (χ1v) is 9.87. The Balaban J connectivity index is 1.60. The molecule has 0 unspecified atom stereocenters. The highest BCUT2D eigenvalue weighted by Gasteiger charge is 2.08. The third-order valence-electron chi connectivity index (χ3n) is 3.80. The van der Waals surface area contributed by atoms with Crippen LogP contribution in [0, 0.1) is 0 Å². The van der Waals surface area contributed by atoms with Gasteiger partial charge in [0.15, 0.2) is 5.82 Å². The van der Waals surface area contributed by atoms with Crippen molar-refractivity contribution in [2.24, 2.45) is 0 Å². The van der Waals surface area contributed by atoms with Crippen LogP contribution in [-0.4, -0.2) is 21.7 Å². The maximum atomic E-state index is 12.5. The Labute approximate surface area is 163 Å². The zero-order chi connectivity index (χ0) is 18.6. The molecule has 3 heterocycles. The standard InChI is InChI=1S/C20H15N3O2S2/c1-25-16-9-3-2-6-14(16)7-4-10-17-19(24)23-20(27-17)21-18(22-23)12-11-15-8-5-13-26-15/h2-13H,1H3. The molecule has 3 aromatic heterocycles. The van der Waals surface area contributed by atoms with Crippen LogP contribution in [0.4, 0.5) is 0 Å². The number of benzene rings is 1. The van der Waals surface area contributed by atoms with Crippen LogP contribution in [0.2, 0.25) is 0 Å². The van der Waals surface area contributed by atoms with Crippen LogP contribution in [0.3, 0.4) is 0 Å². The van der Waals surface area contributed by atoms with Crippen LogP contribution in [0.15, 0.2) is 52.6 Å². The summed E-state index contributed by atoms with van der Waals surface area (Å²) in [6.45, 7) is 0. The van der Waals surface area contributed by atoms with Crippen molar-refractivity contribution in [2.45, 2.75) is 0 Å². The summed E-state index contributed by atoms with van der Waals surface area (Å²) in [5.41, 5.74) is 0.784. The molecule has 0 bridgehead atoms. The number of allylic oxidation sites excluding steroid dienone is 1. The average molecular weight is 393 g/mol. The van der Waals surface area contributed by atoms with Crippen molar-refractivity contribution in [3.63, 3.8) is 0 Å². The summed E-state index contributed by atoms with van der Waals surface area (Å²) in [4.78, 5) is 18.6. The highest BCUT2D eigenvalue weighted by atomic mass is 32.1. The number of ether oxygens (including phenoxy) is 1. The third kappa shape index (κ3) is 3.74. The van der Waals surface area contributed by atoms with Gasteiger partial charge in [0.1, 0.15) is 5.75 Å². The first-order chi connectivity index (χ1) is 13.2. The Hall–Kier alpha value is -3.03. The van der Waals surface area contributed by atoms with Gasteiger partial charge in [-0.3, -0.25) is 4.79 Å². The zero-order valence-corrected chi connectivity index (χ0v) is 16.0. The summed E-state index contributed by atoms with van der Waals surface area (Å²) in [6.07, 6.45) is 9.27. The maximum absolute atomic E-state index is 12.5. The summed E-state index contributed by atoms with van der Waals surface area (Å²) in [5.74, 6) is 1.32. The van der Waals surface area contributed by atoms with Crippen LogP contribution in [0.25, 0.3) is 29.3 Å². The van der Waals surface area contributed by atoms with E-state index in [2.05, 4.69) is 10.1 Å². The van der Waals surface area contributed by atoms with Gasteiger partial charge in [-0.15, -0.1) is 16.4 Å².